The highest BCUT2D eigenvalue weighted by molar-refractivity contribution is 7.97. The Hall–Kier alpha value is -1.86. The fraction of sp³-hybridized carbons (Fsp3) is 0.231. The van der Waals surface area contributed by atoms with Crippen LogP contribution in [-0.2, 0) is 12.3 Å². The van der Waals surface area contributed by atoms with E-state index < -0.39 is 0 Å². The van der Waals surface area contributed by atoms with Crippen molar-refractivity contribution in [3.05, 3.63) is 46.9 Å². The van der Waals surface area contributed by atoms with E-state index >= 15 is 0 Å². The monoisotopic (exact) mass is 321 g/mol. The molecule has 1 aromatic carbocycles. The molecule has 0 spiro atoms. The Labute approximate surface area is 130 Å². The van der Waals surface area contributed by atoms with Gasteiger partial charge in [0, 0.05) is 5.02 Å². The van der Waals surface area contributed by atoms with Crippen molar-refractivity contribution in [3.63, 3.8) is 0 Å². The van der Waals surface area contributed by atoms with Crippen LogP contribution in [0.3, 0.4) is 0 Å². The summed E-state index contributed by atoms with van der Waals surface area (Å²) in [5.41, 5.74) is 1.53. The van der Waals surface area contributed by atoms with E-state index in [4.69, 9.17) is 16.1 Å². The van der Waals surface area contributed by atoms with Gasteiger partial charge in [-0.2, -0.15) is 16.7 Å². The van der Waals surface area contributed by atoms with Crippen LogP contribution in [0.25, 0.3) is 11.6 Å². The standard InChI is InChI=1S/C13H12ClN5OS/c1-21-8-12-15-13(20-17-12)11-7-19(18-16-11)6-9-4-2-3-5-10(9)14/h2-5,7H,6,8H2,1H3. The first-order valence-corrected chi connectivity index (χ1v) is 7.99. The molecule has 0 atom stereocenters. The fourth-order valence-corrected chi connectivity index (χ4v) is 2.39. The van der Waals surface area contributed by atoms with Crippen LogP contribution in [0.5, 0.6) is 0 Å². The van der Waals surface area contributed by atoms with Gasteiger partial charge in [-0.15, -0.1) is 5.10 Å². The average Bonchev–Trinajstić information content (AvgIpc) is 3.11. The highest BCUT2D eigenvalue weighted by Crippen LogP contribution is 2.18. The van der Waals surface area contributed by atoms with Gasteiger partial charge in [0.1, 0.15) is 0 Å². The minimum absolute atomic E-state index is 0.379. The molecule has 0 saturated carbocycles. The van der Waals surface area contributed by atoms with Crippen molar-refractivity contribution < 1.29 is 4.52 Å². The zero-order chi connectivity index (χ0) is 14.7. The number of benzene rings is 1. The SMILES string of the molecule is CSCc1noc(-c2cn(Cc3ccccc3Cl)nn2)n1. The van der Waals surface area contributed by atoms with Crippen LogP contribution < -0.4 is 0 Å². The van der Waals surface area contributed by atoms with Crippen molar-refractivity contribution in [2.75, 3.05) is 6.26 Å². The third-order valence-electron chi connectivity index (χ3n) is 2.79. The predicted octanol–water partition coefficient (Wildman–Crippen LogP) is 2.89. The van der Waals surface area contributed by atoms with E-state index in [0.717, 1.165) is 5.56 Å². The second-order valence-electron chi connectivity index (χ2n) is 4.34. The van der Waals surface area contributed by atoms with Crippen LogP contribution in [-0.4, -0.2) is 31.4 Å². The Bertz CT molecular complexity index is 742. The number of hydrogen-bond donors (Lipinski definition) is 0. The highest BCUT2D eigenvalue weighted by atomic mass is 35.5. The molecular formula is C13H12ClN5OS. The molecule has 8 heteroatoms. The molecule has 0 aliphatic carbocycles. The molecule has 2 aromatic heterocycles. The van der Waals surface area contributed by atoms with Crippen molar-refractivity contribution >= 4 is 23.4 Å². The van der Waals surface area contributed by atoms with Gasteiger partial charge in [-0.1, -0.05) is 40.2 Å². The zero-order valence-electron chi connectivity index (χ0n) is 11.2. The summed E-state index contributed by atoms with van der Waals surface area (Å²) in [7, 11) is 0. The molecule has 0 saturated heterocycles. The number of halogens is 1. The van der Waals surface area contributed by atoms with Crippen LogP contribution in [0.15, 0.2) is 35.0 Å². The number of thioether (sulfide) groups is 1. The molecule has 0 amide bonds. The first-order valence-electron chi connectivity index (χ1n) is 6.21. The van der Waals surface area contributed by atoms with Crippen molar-refractivity contribution in [2.24, 2.45) is 0 Å². The number of nitrogens with zero attached hydrogens (tertiary/aromatic N) is 5. The summed E-state index contributed by atoms with van der Waals surface area (Å²) in [6, 6.07) is 7.63. The van der Waals surface area contributed by atoms with Gasteiger partial charge in [-0.05, 0) is 17.9 Å². The van der Waals surface area contributed by atoms with E-state index in [1.54, 1.807) is 22.6 Å². The van der Waals surface area contributed by atoms with E-state index in [-0.39, 0.29) is 0 Å². The first kappa shape index (κ1) is 14.1. The third-order valence-corrected chi connectivity index (χ3v) is 3.71. The minimum Gasteiger partial charge on any atom is -0.332 e. The summed E-state index contributed by atoms with van der Waals surface area (Å²) in [6.07, 6.45) is 3.75. The molecule has 2 heterocycles. The third kappa shape index (κ3) is 3.25. The maximum atomic E-state index is 6.13. The van der Waals surface area contributed by atoms with Crippen molar-refractivity contribution in [3.8, 4) is 11.6 Å². The van der Waals surface area contributed by atoms with Gasteiger partial charge >= 0.3 is 0 Å². The van der Waals surface area contributed by atoms with E-state index in [1.807, 2.05) is 30.5 Å². The number of aromatic nitrogens is 5. The molecule has 0 fully saturated rings. The summed E-state index contributed by atoms with van der Waals surface area (Å²) in [4.78, 5) is 4.27. The molecule has 21 heavy (non-hydrogen) atoms. The number of hydrogen-bond acceptors (Lipinski definition) is 6. The quantitative estimate of drug-likeness (QED) is 0.719. The van der Waals surface area contributed by atoms with Gasteiger partial charge in [0.05, 0.1) is 18.5 Å². The second-order valence-corrected chi connectivity index (χ2v) is 5.61. The number of rotatable bonds is 5. The van der Waals surface area contributed by atoms with Crippen molar-refractivity contribution in [2.45, 2.75) is 12.3 Å². The Morgan fingerprint density at radius 1 is 1.33 bits per heavy atom. The molecule has 0 aliphatic heterocycles. The van der Waals surface area contributed by atoms with Crippen LogP contribution >= 0.6 is 23.4 Å². The lowest BCUT2D eigenvalue weighted by atomic mass is 10.2. The molecule has 0 radical (unpaired) electrons. The lowest BCUT2D eigenvalue weighted by Gasteiger charge is -2.02. The van der Waals surface area contributed by atoms with Crippen LogP contribution in [0.1, 0.15) is 11.4 Å². The highest BCUT2D eigenvalue weighted by Gasteiger charge is 2.13. The molecule has 0 unspecified atom stereocenters. The fourth-order valence-electron chi connectivity index (χ4n) is 1.82. The first-order chi connectivity index (χ1) is 10.3. The zero-order valence-corrected chi connectivity index (χ0v) is 12.8. The molecule has 3 rings (SSSR count). The lowest BCUT2D eigenvalue weighted by Crippen LogP contribution is -2.00. The van der Waals surface area contributed by atoms with Crippen LogP contribution in [0, 0.1) is 0 Å². The molecule has 0 N–H and O–H groups in total. The molecule has 3 aromatic rings. The van der Waals surface area contributed by atoms with Crippen LogP contribution in [0.2, 0.25) is 5.02 Å². The van der Waals surface area contributed by atoms with Gasteiger partial charge in [0.15, 0.2) is 11.5 Å². The topological polar surface area (TPSA) is 69.6 Å². The lowest BCUT2D eigenvalue weighted by molar-refractivity contribution is 0.424. The van der Waals surface area contributed by atoms with Gasteiger partial charge in [0.25, 0.3) is 5.89 Å². The largest absolute Gasteiger partial charge is 0.332 e. The summed E-state index contributed by atoms with van der Waals surface area (Å²) in [5, 5.41) is 12.7. The van der Waals surface area contributed by atoms with Gasteiger partial charge < -0.3 is 4.52 Å². The van der Waals surface area contributed by atoms with Crippen molar-refractivity contribution in [1.29, 1.82) is 0 Å². The Morgan fingerprint density at radius 2 is 2.19 bits per heavy atom. The Morgan fingerprint density at radius 3 is 3.00 bits per heavy atom. The Kier molecular flexibility index (Phi) is 4.21. The summed E-state index contributed by atoms with van der Waals surface area (Å²) < 4.78 is 6.86. The van der Waals surface area contributed by atoms with E-state index in [1.165, 1.54) is 0 Å². The normalized spacial score (nSPS) is 11.0. The summed E-state index contributed by atoms with van der Waals surface area (Å²) in [5.74, 6) is 1.74. The molecule has 0 bridgehead atoms. The maximum absolute atomic E-state index is 6.13. The summed E-state index contributed by atoms with van der Waals surface area (Å²) >= 11 is 7.76. The van der Waals surface area contributed by atoms with Crippen molar-refractivity contribution in [1.82, 2.24) is 25.1 Å². The smallest absolute Gasteiger partial charge is 0.280 e. The molecule has 6 nitrogen and oxygen atoms in total. The van der Waals surface area contributed by atoms with Gasteiger partial charge in [-0.25, -0.2) is 4.68 Å². The van der Waals surface area contributed by atoms with E-state index in [0.29, 0.717) is 34.7 Å². The Balaban J connectivity index is 1.78. The summed E-state index contributed by atoms with van der Waals surface area (Å²) in [6.45, 7) is 0.540. The molecular weight excluding hydrogens is 310 g/mol. The minimum atomic E-state index is 0.379. The maximum Gasteiger partial charge on any atom is 0.280 e. The molecule has 0 aliphatic rings. The second kappa shape index (κ2) is 6.28. The van der Waals surface area contributed by atoms with Gasteiger partial charge in [0.2, 0.25) is 0 Å². The van der Waals surface area contributed by atoms with Crippen LogP contribution in [0.4, 0.5) is 0 Å². The molecule has 108 valence electrons. The predicted molar refractivity (Wildman–Crippen MR) is 81.1 cm³/mol. The van der Waals surface area contributed by atoms with E-state index in [9.17, 15) is 0 Å². The average molecular weight is 322 g/mol. The van der Waals surface area contributed by atoms with E-state index in [2.05, 4.69) is 20.5 Å². The van der Waals surface area contributed by atoms with Gasteiger partial charge in [-0.3, -0.25) is 0 Å².